The Kier molecular flexibility index (Phi) is 6.80. The molecule has 164 valence electrons. The van der Waals surface area contributed by atoms with Crippen molar-refractivity contribution < 1.29 is 19.1 Å². The molecule has 1 aromatic carbocycles. The molecular formula is C23H26N2O5S. The number of nitrogens with one attached hydrogen (secondary N) is 1. The van der Waals surface area contributed by atoms with E-state index in [1.54, 1.807) is 30.7 Å². The van der Waals surface area contributed by atoms with Crippen LogP contribution in [0.5, 0.6) is 5.75 Å². The number of aryl methyl sites for hydroxylation is 3. The molecule has 1 N–H and O–H groups in total. The lowest BCUT2D eigenvalue weighted by Crippen LogP contribution is -2.24. The van der Waals surface area contributed by atoms with E-state index in [1.165, 1.54) is 11.3 Å². The molecule has 0 fully saturated rings. The van der Waals surface area contributed by atoms with Crippen molar-refractivity contribution in [1.82, 2.24) is 4.57 Å². The number of thiophene rings is 1. The van der Waals surface area contributed by atoms with Gasteiger partial charge in [-0.3, -0.25) is 9.59 Å². The first-order valence-corrected chi connectivity index (χ1v) is 10.8. The van der Waals surface area contributed by atoms with Crippen molar-refractivity contribution in [3.63, 3.8) is 0 Å². The Morgan fingerprint density at radius 2 is 1.94 bits per heavy atom. The molecule has 0 aliphatic rings. The maximum absolute atomic E-state index is 12.7. The largest absolute Gasteiger partial charge is 0.495 e. The zero-order valence-corrected chi connectivity index (χ0v) is 19.1. The van der Waals surface area contributed by atoms with E-state index in [-0.39, 0.29) is 31.0 Å². The van der Waals surface area contributed by atoms with Gasteiger partial charge in [0, 0.05) is 29.3 Å². The van der Waals surface area contributed by atoms with Gasteiger partial charge in [-0.05, 0) is 44.9 Å². The minimum absolute atomic E-state index is 0.0639. The maximum Gasteiger partial charge on any atom is 0.341 e. The van der Waals surface area contributed by atoms with E-state index in [9.17, 15) is 14.4 Å². The third kappa shape index (κ3) is 4.49. The molecule has 0 atom stereocenters. The highest BCUT2D eigenvalue weighted by Crippen LogP contribution is 2.33. The molecule has 0 aliphatic heterocycles. The molecule has 8 heteroatoms. The maximum atomic E-state index is 12.7. The van der Waals surface area contributed by atoms with Crippen molar-refractivity contribution in [2.24, 2.45) is 0 Å². The van der Waals surface area contributed by atoms with Crippen LogP contribution in [0, 0.1) is 20.8 Å². The number of pyridine rings is 1. The molecule has 1 amide bonds. The van der Waals surface area contributed by atoms with Crippen LogP contribution in [0.25, 0.3) is 10.9 Å². The predicted octanol–water partition coefficient (Wildman–Crippen LogP) is 4.20. The second-order valence-corrected chi connectivity index (χ2v) is 8.40. The second-order valence-electron chi connectivity index (χ2n) is 7.18. The molecule has 0 saturated heterocycles. The van der Waals surface area contributed by atoms with E-state index >= 15 is 0 Å². The Labute approximate surface area is 184 Å². The lowest BCUT2D eigenvalue weighted by Gasteiger charge is -2.15. The Morgan fingerprint density at radius 3 is 2.61 bits per heavy atom. The van der Waals surface area contributed by atoms with Gasteiger partial charge in [0.2, 0.25) is 5.91 Å². The quantitative estimate of drug-likeness (QED) is 0.554. The molecule has 3 aromatic rings. The first-order chi connectivity index (χ1) is 14.8. The Morgan fingerprint density at radius 1 is 1.19 bits per heavy atom. The topological polar surface area (TPSA) is 86.6 Å². The summed E-state index contributed by atoms with van der Waals surface area (Å²) >= 11 is 1.34. The Balaban J connectivity index is 1.86. The monoisotopic (exact) mass is 442 g/mol. The summed E-state index contributed by atoms with van der Waals surface area (Å²) in [6.07, 6.45) is 0.0639. The van der Waals surface area contributed by atoms with Crippen LogP contribution in [0.15, 0.2) is 29.1 Å². The second kappa shape index (κ2) is 9.34. The summed E-state index contributed by atoms with van der Waals surface area (Å²) < 4.78 is 12.1. The molecule has 0 radical (unpaired) electrons. The van der Waals surface area contributed by atoms with Crippen LogP contribution >= 0.6 is 11.3 Å². The first-order valence-electron chi connectivity index (χ1n) is 10.0. The van der Waals surface area contributed by atoms with Crippen LogP contribution in [0.4, 0.5) is 5.00 Å². The minimum atomic E-state index is -0.454. The number of nitrogens with zero attached hydrogens (tertiary/aromatic N) is 1. The highest BCUT2D eigenvalue weighted by molar-refractivity contribution is 7.16. The average Bonchev–Trinajstić information content (AvgIpc) is 3.00. The first kappa shape index (κ1) is 22.6. The third-order valence-electron chi connectivity index (χ3n) is 5.20. The van der Waals surface area contributed by atoms with Gasteiger partial charge in [0.25, 0.3) is 5.56 Å². The molecule has 7 nitrogen and oxygen atoms in total. The summed E-state index contributed by atoms with van der Waals surface area (Å²) in [6, 6.07) is 7.14. The number of anilines is 1. The number of carbonyl (C=O) groups excluding carboxylic acids is 2. The summed E-state index contributed by atoms with van der Waals surface area (Å²) in [4.78, 5) is 38.6. The molecule has 0 spiro atoms. The van der Waals surface area contributed by atoms with Gasteiger partial charge >= 0.3 is 5.97 Å². The number of aromatic nitrogens is 1. The highest BCUT2D eigenvalue weighted by Gasteiger charge is 2.22. The normalized spacial score (nSPS) is 10.9. The van der Waals surface area contributed by atoms with Crippen LogP contribution < -0.4 is 15.6 Å². The van der Waals surface area contributed by atoms with Crippen LogP contribution in [0.1, 0.15) is 39.7 Å². The number of rotatable bonds is 7. The van der Waals surface area contributed by atoms with Gasteiger partial charge in [0.05, 0.1) is 24.8 Å². The molecule has 0 unspecified atom stereocenters. The number of carbonyl (C=O) groups is 2. The van der Waals surface area contributed by atoms with Crippen molar-refractivity contribution in [1.29, 1.82) is 0 Å². The Hall–Kier alpha value is -3.13. The van der Waals surface area contributed by atoms with E-state index in [1.807, 2.05) is 32.9 Å². The minimum Gasteiger partial charge on any atom is -0.495 e. The van der Waals surface area contributed by atoms with Gasteiger partial charge in [-0.15, -0.1) is 11.3 Å². The Bertz CT molecular complexity index is 1210. The number of hydrogen-bond acceptors (Lipinski definition) is 6. The molecule has 0 saturated carbocycles. The van der Waals surface area contributed by atoms with Crippen molar-refractivity contribution in [2.45, 2.75) is 40.7 Å². The van der Waals surface area contributed by atoms with Gasteiger partial charge in [0.1, 0.15) is 10.8 Å². The SMILES string of the molecule is CCOC(=O)c1c(NC(=O)CCn2c(=O)cc(C)c3cccc(OC)c32)sc(C)c1C. The molecule has 31 heavy (non-hydrogen) atoms. The van der Waals surface area contributed by atoms with Crippen molar-refractivity contribution in [3.8, 4) is 5.75 Å². The van der Waals surface area contributed by atoms with Crippen molar-refractivity contribution in [2.75, 3.05) is 19.0 Å². The van der Waals surface area contributed by atoms with Crippen molar-refractivity contribution >= 4 is 39.1 Å². The fourth-order valence-electron chi connectivity index (χ4n) is 3.52. The fraction of sp³-hybridized carbons (Fsp3) is 0.348. The van der Waals surface area contributed by atoms with Crippen molar-refractivity contribution in [3.05, 3.63) is 56.2 Å². The average molecular weight is 443 g/mol. The van der Waals surface area contributed by atoms with Crippen LogP contribution in [0.3, 0.4) is 0 Å². The van der Waals surface area contributed by atoms with Crippen LogP contribution in [-0.4, -0.2) is 30.2 Å². The number of hydrogen-bond donors (Lipinski definition) is 1. The highest BCUT2D eigenvalue weighted by atomic mass is 32.1. The summed E-state index contributed by atoms with van der Waals surface area (Å²) in [5.41, 5.74) is 2.50. The van der Waals surface area contributed by atoms with E-state index in [0.29, 0.717) is 21.8 Å². The van der Waals surface area contributed by atoms with Gasteiger partial charge in [0.15, 0.2) is 0 Å². The fourth-order valence-corrected chi connectivity index (χ4v) is 4.59. The summed E-state index contributed by atoms with van der Waals surface area (Å²) in [6.45, 7) is 7.77. The number of fused-ring (bicyclic) bond motifs is 1. The summed E-state index contributed by atoms with van der Waals surface area (Å²) in [5, 5.41) is 4.19. The van der Waals surface area contributed by atoms with Crippen LogP contribution in [0.2, 0.25) is 0 Å². The number of para-hydroxylation sites is 1. The predicted molar refractivity (Wildman–Crippen MR) is 122 cm³/mol. The van der Waals surface area contributed by atoms with E-state index < -0.39 is 5.97 Å². The van der Waals surface area contributed by atoms with Gasteiger partial charge in [-0.25, -0.2) is 4.79 Å². The van der Waals surface area contributed by atoms with Gasteiger partial charge in [-0.1, -0.05) is 12.1 Å². The number of methoxy groups -OCH3 is 1. The number of amides is 1. The molecule has 0 bridgehead atoms. The van der Waals surface area contributed by atoms with E-state index in [4.69, 9.17) is 9.47 Å². The molecule has 3 rings (SSSR count). The molecule has 2 heterocycles. The smallest absolute Gasteiger partial charge is 0.341 e. The van der Waals surface area contributed by atoms with E-state index in [2.05, 4.69) is 5.32 Å². The number of ether oxygens (including phenoxy) is 2. The standard InChI is InChI=1S/C23H26N2O5S/c1-6-30-23(28)20-14(3)15(4)31-22(20)24-18(26)10-11-25-19(27)12-13(2)16-8-7-9-17(29-5)21(16)25/h7-9,12H,6,10-11H2,1-5H3,(H,24,26). The van der Waals surface area contributed by atoms with Gasteiger partial charge < -0.3 is 19.4 Å². The zero-order valence-electron chi connectivity index (χ0n) is 18.3. The lowest BCUT2D eigenvalue weighted by atomic mass is 10.1. The van der Waals surface area contributed by atoms with Crippen LogP contribution in [-0.2, 0) is 16.1 Å². The zero-order chi connectivity index (χ0) is 22.7. The van der Waals surface area contributed by atoms with Gasteiger partial charge in [-0.2, -0.15) is 0 Å². The molecule has 2 aromatic heterocycles. The summed E-state index contributed by atoms with van der Waals surface area (Å²) in [5.74, 6) is -0.166. The molecule has 0 aliphatic carbocycles. The lowest BCUT2D eigenvalue weighted by molar-refractivity contribution is -0.116. The number of benzene rings is 1. The molecular weight excluding hydrogens is 416 g/mol. The van der Waals surface area contributed by atoms with E-state index in [0.717, 1.165) is 21.4 Å². The third-order valence-corrected chi connectivity index (χ3v) is 6.32. The summed E-state index contributed by atoms with van der Waals surface area (Å²) in [7, 11) is 1.55. The number of esters is 1.